The summed E-state index contributed by atoms with van der Waals surface area (Å²) in [5.41, 5.74) is 0.894. The van der Waals surface area contributed by atoms with Gasteiger partial charge in [-0.2, -0.15) is 0 Å². The first-order valence-corrected chi connectivity index (χ1v) is 14.5. The summed E-state index contributed by atoms with van der Waals surface area (Å²) in [7, 11) is 0. The smallest absolute Gasteiger partial charge is 0.251 e. The Balaban J connectivity index is 1.50. The van der Waals surface area contributed by atoms with Gasteiger partial charge < -0.3 is 20.7 Å². The standard InChI is InChI=1S/C34H38FN3O5/c1-22(2)18-29(38-32(41)25-14-16-26(35)17-15-25)33(42)37-27(24-12-8-5-9-13-24)20-30(39)36-28(31(40)34(3)21-43-34)19-23-10-6-4-7-11-23/h4-17,22,27-29H,18-21H2,1-3H3,(H,36,39)(H,37,42)(H,38,41)/t27?,28-,29-,34+/m0/s1. The number of carbonyl (C=O) groups is 4. The first-order chi connectivity index (χ1) is 20.5. The first kappa shape index (κ1) is 31.6. The summed E-state index contributed by atoms with van der Waals surface area (Å²) in [6, 6.07) is 21.1. The molecule has 3 aromatic rings. The molecular weight excluding hydrogens is 549 g/mol. The van der Waals surface area contributed by atoms with Crippen LogP contribution in [0.25, 0.3) is 0 Å². The quantitative estimate of drug-likeness (QED) is 0.243. The molecule has 4 rings (SSSR count). The summed E-state index contributed by atoms with van der Waals surface area (Å²) in [5, 5.41) is 8.59. The van der Waals surface area contributed by atoms with Gasteiger partial charge in [0.05, 0.1) is 25.1 Å². The van der Waals surface area contributed by atoms with Crippen LogP contribution in [0, 0.1) is 11.7 Å². The van der Waals surface area contributed by atoms with E-state index < -0.39 is 47.3 Å². The highest BCUT2D eigenvalue weighted by molar-refractivity contribution is 5.98. The molecule has 0 saturated carbocycles. The molecule has 1 heterocycles. The number of epoxide rings is 1. The van der Waals surface area contributed by atoms with Gasteiger partial charge >= 0.3 is 0 Å². The Morgan fingerprint density at radius 3 is 2.02 bits per heavy atom. The molecule has 9 heteroatoms. The molecule has 0 radical (unpaired) electrons. The normalized spacial score (nSPS) is 17.8. The molecular formula is C34H38FN3O5. The zero-order valence-electron chi connectivity index (χ0n) is 24.6. The molecule has 1 aliphatic rings. The van der Waals surface area contributed by atoms with Crippen LogP contribution in [-0.2, 0) is 25.5 Å². The Bertz CT molecular complexity index is 1410. The van der Waals surface area contributed by atoms with Crippen LogP contribution in [0.4, 0.5) is 4.39 Å². The fourth-order valence-corrected chi connectivity index (χ4v) is 4.87. The highest BCUT2D eigenvalue weighted by Crippen LogP contribution is 2.29. The van der Waals surface area contributed by atoms with Gasteiger partial charge in [-0.05, 0) is 61.1 Å². The van der Waals surface area contributed by atoms with Crippen molar-refractivity contribution in [3.05, 3.63) is 107 Å². The SMILES string of the molecule is CC(C)C[C@H](NC(=O)c1ccc(F)cc1)C(=O)NC(CC(=O)N[C@@H](Cc1ccccc1)C(=O)[C@@]1(C)CO1)c1ccccc1. The Labute approximate surface area is 251 Å². The lowest BCUT2D eigenvalue weighted by molar-refractivity contribution is -0.131. The third kappa shape index (κ3) is 9.06. The van der Waals surface area contributed by atoms with Crippen molar-refractivity contribution in [3.8, 4) is 0 Å². The Morgan fingerprint density at radius 2 is 1.44 bits per heavy atom. The number of amides is 3. The lowest BCUT2D eigenvalue weighted by atomic mass is 9.94. The van der Waals surface area contributed by atoms with Gasteiger partial charge in [-0.1, -0.05) is 74.5 Å². The van der Waals surface area contributed by atoms with Gasteiger partial charge in [0, 0.05) is 5.56 Å². The number of rotatable bonds is 14. The largest absolute Gasteiger partial charge is 0.361 e. The van der Waals surface area contributed by atoms with E-state index in [1.165, 1.54) is 24.3 Å². The number of halogens is 1. The molecule has 1 saturated heterocycles. The van der Waals surface area contributed by atoms with Crippen LogP contribution in [0.5, 0.6) is 0 Å². The molecule has 1 aliphatic heterocycles. The average molecular weight is 588 g/mol. The molecule has 0 aromatic heterocycles. The van der Waals surface area contributed by atoms with E-state index in [-0.39, 0.29) is 23.7 Å². The number of ketones is 1. The molecule has 3 amide bonds. The third-order valence-electron chi connectivity index (χ3n) is 7.38. The minimum atomic E-state index is -0.924. The molecule has 3 N–H and O–H groups in total. The Kier molecular flexibility index (Phi) is 10.4. The highest BCUT2D eigenvalue weighted by atomic mass is 19.1. The molecule has 1 fully saturated rings. The molecule has 3 aromatic carbocycles. The van der Waals surface area contributed by atoms with E-state index in [0.717, 1.165) is 5.56 Å². The first-order valence-electron chi connectivity index (χ1n) is 14.5. The predicted molar refractivity (Wildman–Crippen MR) is 160 cm³/mol. The fourth-order valence-electron chi connectivity index (χ4n) is 4.87. The number of hydrogen-bond donors (Lipinski definition) is 3. The molecule has 4 atom stereocenters. The van der Waals surface area contributed by atoms with E-state index in [1.807, 2.05) is 50.2 Å². The number of Topliss-reactive ketones (excluding diaryl/α,β-unsaturated/α-hetero) is 1. The van der Waals surface area contributed by atoms with E-state index in [9.17, 15) is 23.6 Å². The third-order valence-corrected chi connectivity index (χ3v) is 7.38. The van der Waals surface area contributed by atoms with Crippen LogP contribution in [0.1, 0.15) is 61.1 Å². The van der Waals surface area contributed by atoms with Gasteiger partial charge in [0.2, 0.25) is 11.8 Å². The maximum absolute atomic E-state index is 13.6. The van der Waals surface area contributed by atoms with Crippen LogP contribution in [0.2, 0.25) is 0 Å². The van der Waals surface area contributed by atoms with Crippen molar-refractivity contribution in [1.82, 2.24) is 16.0 Å². The van der Waals surface area contributed by atoms with Crippen LogP contribution in [0.15, 0.2) is 84.9 Å². The number of carbonyl (C=O) groups excluding carboxylic acids is 4. The molecule has 8 nitrogen and oxygen atoms in total. The van der Waals surface area contributed by atoms with Gasteiger partial charge in [-0.15, -0.1) is 0 Å². The summed E-state index contributed by atoms with van der Waals surface area (Å²) in [6.45, 7) is 5.87. The predicted octanol–water partition coefficient (Wildman–Crippen LogP) is 4.30. The summed E-state index contributed by atoms with van der Waals surface area (Å²) >= 11 is 0. The molecule has 1 unspecified atom stereocenters. The molecule has 0 aliphatic carbocycles. The van der Waals surface area contributed by atoms with Crippen LogP contribution in [0.3, 0.4) is 0 Å². The topological polar surface area (TPSA) is 117 Å². The Hall–Kier alpha value is -4.37. The fraction of sp³-hybridized carbons (Fsp3) is 0.353. The monoisotopic (exact) mass is 587 g/mol. The van der Waals surface area contributed by atoms with Crippen LogP contribution < -0.4 is 16.0 Å². The second-order valence-electron chi connectivity index (χ2n) is 11.5. The lowest BCUT2D eigenvalue weighted by Gasteiger charge is -2.26. The van der Waals surface area contributed by atoms with Crippen LogP contribution >= 0.6 is 0 Å². The minimum absolute atomic E-state index is 0.0681. The summed E-state index contributed by atoms with van der Waals surface area (Å²) in [4.78, 5) is 53.2. The van der Waals surface area contributed by atoms with E-state index >= 15 is 0 Å². The maximum Gasteiger partial charge on any atom is 0.251 e. The van der Waals surface area contributed by atoms with Gasteiger partial charge in [-0.25, -0.2) is 4.39 Å². The maximum atomic E-state index is 13.6. The van der Waals surface area contributed by atoms with E-state index in [4.69, 9.17) is 4.74 Å². The van der Waals surface area contributed by atoms with E-state index in [2.05, 4.69) is 16.0 Å². The average Bonchev–Trinajstić information content (AvgIpc) is 3.75. The summed E-state index contributed by atoms with van der Waals surface area (Å²) < 4.78 is 18.7. The van der Waals surface area contributed by atoms with Crippen molar-refractivity contribution in [2.75, 3.05) is 6.61 Å². The van der Waals surface area contributed by atoms with Crippen molar-refractivity contribution in [2.24, 2.45) is 5.92 Å². The Morgan fingerprint density at radius 1 is 0.837 bits per heavy atom. The van der Waals surface area contributed by atoms with Crippen LogP contribution in [-0.4, -0.2) is 47.8 Å². The second kappa shape index (κ2) is 14.2. The van der Waals surface area contributed by atoms with E-state index in [0.29, 0.717) is 25.0 Å². The van der Waals surface area contributed by atoms with Crippen molar-refractivity contribution in [2.45, 2.75) is 63.8 Å². The number of benzene rings is 3. The number of hydrogen-bond acceptors (Lipinski definition) is 5. The van der Waals surface area contributed by atoms with Crippen molar-refractivity contribution in [3.63, 3.8) is 0 Å². The zero-order chi connectivity index (χ0) is 31.0. The molecule has 0 bridgehead atoms. The molecule has 43 heavy (non-hydrogen) atoms. The molecule has 226 valence electrons. The van der Waals surface area contributed by atoms with Crippen molar-refractivity contribution >= 4 is 23.5 Å². The zero-order valence-corrected chi connectivity index (χ0v) is 24.6. The van der Waals surface area contributed by atoms with Gasteiger partial charge in [0.1, 0.15) is 17.5 Å². The lowest BCUT2D eigenvalue weighted by Crippen LogP contribution is -2.50. The highest BCUT2D eigenvalue weighted by Gasteiger charge is 2.50. The minimum Gasteiger partial charge on any atom is -0.361 e. The summed E-state index contributed by atoms with van der Waals surface area (Å²) in [5.74, 6) is -1.98. The van der Waals surface area contributed by atoms with E-state index in [1.54, 1.807) is 31.2 Å². The van der Waals surface area contributed by atoms with Crippen molar-refractivity contribution < 1.29 is 28.3 Å². The summed E-state index contributed by atoms with van der Waals surface area (Å²) in [6.07, 6.45) is 0.517. The second-order valence-corrected chi connectivity index (χ2v) is 11.5. The number of ether oxygens (including phenoxy) is 1. The number of nitrogens with one attached hydrogen (secondary N) is 3. The van der Waals surface area contributed by atoms with Gasteiger partial charge in [0.25, 0.3) is 5.91 Å². The van der Waals surface area contributed by atoms with Crippen molar-refractivity contribution in [1.29, 1.82) is 0 Å². The van der Waals surface area contributed by atoms with Gasteiger partial charge in [0.15, 0.2) is 5.78 Å². The molecule has 0 spiro atoms. The van der Waals surface area contributed by atoms with Gasteiger partial charge in [-0.3, -0.25) is 19.2 Å².